The lowest BCUT2D eigenvalue weighted by molar-refractivity contribution is 0.597. The van der Waals surface area contributed by atoms with Gasteiger partial charge >= 0.3 is 0 Å². The SMILES string of the molecule is Cc1ccc(N)cc1NS(=O)(=O)c1c(C)cc(F)cc1C. The van der Waals surface area contributed by atoms with Gasteiger partial charge in [0.2, 0.25) is 0 Å². The smallest absolute Gasteiger partial charge is 0.262 e. The standard InChI is InChI=1S/C15H17FN2O2S/c1-9-4-5-13(17)8-14(9)18-21(19,20)15-10(2)6-12(16)7-11(15)3/h4-8,18H,17H2,1-3H3. The van der Waals surface area contributed by atoms with Crippen molar-refractivity contribution >= 4 is 21.4 Å². The molecule has 0 aromatic heterocycles. The van der Waals surface area contributed by atoms with Crippen LogP contribution in [0.15, 0.2) is 35.2 Å². The minimum Gasteiger partial charge on any atom is -0.399 e. The number of nitrogens with two attached hydrogens (primary N) is 1. The molecule has 0 aliphatic carbocycles. The number of rotatable bonds is 3. The van der Waals surface area contributed by atoms with Crippen molar-refractivity contribution in [1.29, 1.82) is 0 Å². The molecule has 0 saturated heterocycles. The predicted octanol–water partition coefficient (Wildman–Crippen LogP) is 3.13. The van der Waals surface area contributed by atoms with Crippen LogP contribution in [0.3, 0.4) is 0 Å². The highest BCUT2D eigenvalue weighted by molar-refractivity contribution is 7.92. The molecule has 0 unspecified atom stereocenters. The fraction of sp³-hybridized carbons (Fsp3) is 0.200. The molecule has 0 heterocycles. The monoisotopic (exact) mass is 308 g/mol. The van der Waals surface area contributed by atoms with Crippen molar-refractivity contribution in [3.05, 3.63) is 52.8 Å². The summed E-state index contributed by atoms with van der Waals surface area (Å²) in [5.41, 5.74) is 8.04. The summed E-state index contributed by atoms with van der Waals surface area (Å²) in [4.78, 5) is 0.0886. The molecular weight excluding hydrogens is 291 g/mol. The Balaban J connectivity index is 2.51. The Kier molecular flexibility index (Phi) is 3.91. The maximum Gasteiger partial charge on any atom is 0.262 e. The van der Waals surface area contributed by atoms with Crippen LogP contribution in [0.1, 0.15) is 16.7 Å². The molecule has 2 aromatic carbocycles. The highest BCUT2D eigenvalue weighted by Gasteiger charge is 2.21. The van der Waals surface area contributed by atoms with E-state index in [1.54, 1.807) is 39.0 Å². The second-order valence-electron chi connectivity index (χ2n) is 5.05. The second kappa shape index (κ2) is 5.37. The van der Waals surface area contributed by atoms with Crippen LogP contribution in [0.4, 0.5) is 15.8 Å². The molecule has 3 N–H and O–H groups in total. The fourth-order valence-corrected chi connectivity index (χ4v) is 3.84. The minimum absolute atomic E-state index is 0.0886. The van der Waals surface area contributed by atoms with Gasteiger partial charge in [-0.1, -0.05) is 6.07 Å². The summed E-state index contributed by atoms with van der Waals surface area (Å²) in [5, 5.41) is 0. The molecule has 0 fully saturated rings. The number of aryl methyl sites for hydroxylation is 3. The largest absolute Gasteiger partial charge is 0.399 e. The summed E-state index contributed by atoms with van der Waals surface area (Å²) < 4.78 is 40.9. The van der Waals surface area contributed by atoms with Crippen molar-refractivity contribution in [2.24, 2.45) is 0 Å². The Bertz CT molecular complexity index is 778. The van der Waals surface area contributed by atoms with Crippen molar-refractivity contribution in [2.45, 2.75) is 25.7 Å². The molecule has 0 radical (unpaired) electrons. The molecule has 4 nitrogen and oxygen atoms in total. The van der Waals surface area contributed by atoms with Crippen molar-refractivity contribution in [3.8, 4) is 0 Å². The molecule has 0 spiro atoms. The number of nitrogens with one attached hydrogen (secondary N) is 1. The fourth-order valence-electron chi connectivity index (χ4n) is 2.27. The lowest BCUT2D eigenvalue weighted by Gasteiger charge is -2.15. The van der Waals surface area contributed by atoms with E-state index in [9.17, 15) is 12.8 Å². The first kappa shape index (κ1) is 15.3. The van der Waals surface area contributed by atoms with Gasteiger partial charge in [0, 0.05) is 5.69 Å². The molecule has 2 aromatic rings. The van der Waals surface area contributed by atoms with Crippen LogP contribution in [0.2, 0.25) is 0 Å². The van der Waals surface area contributed by atoms with E-state index in [0.29, 0.717) is 22.5 Å². The van der Waals surface area contributed by atoms with Crippen molar-refractivity contribution < 1.29 is 12.8 Å². The normalized spacial score (nSPS) is 11.4. The van der Waals surface area contributed by atoms with E-state index in [2.05, 4.69) is 4.72 Å². The van der Waals surface area contributed by atoms with Crippen molar-refractivity contribution in [3.63, 3.8) is 0 Å². The Labute approximate surface area is 123 Å². The molecule has 112 valence electrons. The zero-order chi connectivity index (χ0) is 15.8. The highest BCUT2D eigenvalue weighted by atomic mass is 32.2. The number of nitrogen functional groups attached to an aromatic ring is 1. The third kappa shape index (κ3) is 3.16. The Morgan fingerprint density at radius 3 is 2.14 bits per heavy atom. The van der Waals surface area contributed by atoms with Crippen LogP contribution < -0.4 is 10.5 Å². The Hall–Kier alpha value is -2.08. The maximum absolute atomic E-state index is 13.3. The van der Waals surface area contributed by atoms with Crippen LogP contribution in [-0.4, -0.2) is 8.42 Å². The number of hydrogen-bond acceptors (Lipinski definition) is 3. The third-order valence-corrected chi connectivity index (χ3v) is 4.87. The maximum atomic E-state index is 13.3. The molecule has 0 bridgehead atoms. The summed E-state index contributed by atoms with van der Waals surface area (Å²) in [6, 6.07) is 7.39. The van der Waals surface area contributed by atoms with Gasteiger partial charge in [0.25, 0.3) is 10.0 Å². The van der Waals surface area contributed by atoms with E-state index in [4.69, 9.17) is 5.73 Å². The zero-order valence-electron chi connectivity index (χ0n) is 12.1. The summed E-state index contributed by atoms with van der Waals surface area (Å²) in [7, 11) is -3.80. The molecule has 0 amide bonds. The van der Waals surface area contributed by atoms with Gasteiger partial charge in [-0.2, -0.15) is 0 Å². The summed E-state index contributed by atoms with van der Waals surface area (Å²) in [5.74, 6) is -0.455. The van der Waals surface area contributed by atoms with Gasteiger partial charge in [0.15, 0.2) is 0 Å². The zero-order valence-corrected chi connectivity index (χ0v) is 12.9. The van der Waals surface area contributed by atoms with Crippen LogP contribution in [0.5, 0.6) is 0 Å². The van der Waals surface area contributed by atoms with E-state index in [-0.39, 0.29) is 4.90 Å². The Morgan fingerprint density at radius 2 is 1.57 bits per heavy atom. The average Bonchev–Trinajstić information content (AvgIpc) is 2.31. The number of halogens is 1. The summed E-state index contributed by atoms with van der Waals surface area (Å²) in [6.07, 6.45) is 0. The average molecular weight is 308 g/mol. The predicted molar refractivity (Wildman–Crippen MR) is 82.3 cm³/mol. The lowest BCUT2D eigenvalue weighted by Crippen LogP contribution is -2.16. The third-order valence-electron chi connectivity index (χ3n) is 3.20. The van der Waals surface area contributed by atoms with E-state index < -0.39 is 15.8 Å². The van der Waals surface area contributed by atoms with Gasteiger partial charge in [-0.15, -0.1) is 0 Å². The highest BCUT2D eigenvalue weighted by Crippen LogP contribution is 2.26. The molecule has 6 heteroatoms. The van der Waals surface area contributed by atoms with Crippen LogP contribution in [0, 0.1) is 26.6 Å². The van der Waals surface area contributed by atoms with Gasteiger partial charge in [0.05, 0.1) is 10.6 Å². The Morgan fingerprint density at radius 1 is 1.00 bits per heavy atom. The van der Waals surface area contributed by atoms with Crippen LogP contribution in [-0.2, 0) is 10.0 Å². The first-order chi connectivity index (χ1) is 9.70. The van der Waals surface area contributed by atoms with Gasteiger partial charge in [-0.3, -0.25) is 4.72 Å². The van der Waals surface area contributed by atoms with Crippen LogP contribution in [0.25, 0.3) is 0 Å². The van der Waals surface area contributed by atoms with E-state index in [0.717, 1.165) is 5.56 Å². The summed E-state index contributed by atoms with van der Waals surface area (Å²) >= 11 is 0. The molecule has 2 rings (SSSR count). The molecule has 0 aliphatic rings. The van der Waals surface area contributed by atoms with E-state index in [1.807, 2.05) is 0 Å². The topological polar surface area (TPSA) is 72.2 Å². The van der Waals surface area contributed by atoms with Gasteiger partial charge in [-0.25, -0.2) is 12.8 Å². The van der Waals surface area contributed by atoms with E-state index in [1.165, 1.54) is 12.1 Å². The molecule has 0 atom stereocenters. The van der Waals surface area contributed by atoms with Gasteiger partial charge < -0.3 is 5.73 Å². The molecule has 21 heavy (non-hydrogen) atoms. The summed E-state index contributed by atoms with van der Waals surface area (Å²) in [6.45, 7) is 4.91. The van der Waals surface area contributed by atoms with E-state index >= 15 is 0 Å². The molecule has 0 aliphatic heterocycles. The lowest BCUT2D eigenvalue weighted by atomic mass is 10.1. The van der Waals surface area contributed by atoms with Crippen molar-refractivity contribution in [2.75, 3.05) is 10.5 Å². The van der Waals surface area contributed by atoms with Gasteiger partial charge in [-0.05, 0) is 61.7 Å². The first-order valence-electron chi connectivity index (χ1n) is 6.36. The minimum atomic E-state index is -3.80. The van der Waals surface area contributed by atoms with Crippen LogP contribution >= 0.6 is 0 Å². The van der Waals surface area contributed by atoms with Gasteiger partial charge in [0.1, 0.15) is 5.82 Å². The second-order valence-corrected chi connectivity index (χ2v) is 6.67. The first-order valence-corrected chi connectivity index (χ1v) is 7.85. The number of hydrogen-bond donors (Lipinski definition) is 2. The van der Waals surface area contributed by atoms with Crippen molar-refractivity contribution in [1.82, 2.24) is 0 Å². The number of sulfonamides is 1. The quantitative estimate of drug-likeness (QED) is 0.856. The number of anilines is 2. The number of benzene rings is 2. The molecular formula is C15H17FN2O2S. The molecule has 0 saturated carbocycles.